The van der Waals surface area contributed by atoms with Crippen LogP contribution in [0.15, 0.2) is 54.7 Å². The van der Waals surface area contributed by atoms with Crippen LogP contribution in [0, 0.1) is 0 Å². The summed E-state index contributed by atoms with van der Waals surface area (Å²) in [5.74, 6) is -0.397. The van der Waals surface area contributed by atoms with Crippen molar-refractivity contribution in [2.45, 2.75) is 32.0 Å². The first-order valence-electron chi connectivity index (χ1n) is 12.2. The van der Waals surface area contributed by atoms with Crippen LogP contribution >= 0.6 is 0 Å². The lowest BCUT2D eigenvalue weighted by Crippen LogP contribution is -2.43. The molecule has 1 saturated heterocycles. The molecule has 7 nitrogen and oxygen atoms in total. The molecule has 1 fully saturated rings. The van der Waals surface area contributed by atoms with Gasteiger partial charge in [0, 0.05) is 44.6 Å². The van der Waals surface area contributed by atoms with Gasteiger partial charge in [0.1, 0.15) is 0 Å². The number of nitrogens with two attached hydrogens (primary N) is 1. The smallest absolute Gasteiger partial charge is 0.369 e. The summed E-state index contributed by atoms with van der Waals surface area (Å²) >= 11 is 0. The van der Waals surface area contributed by atoms with E-state index in [2.05, 4.69) is 32.1 Å². The molecule has 0 aliphatic carbocycles. The number of rotatable bonds is 9. The monoisotopic (exact) mass is 512 g/mol. The molecule has 37 heavy (non-hydrogen) atoms. The number of piperazine rings is 1. The molecule has 3 N–H and O–H groups in total. The molecule has 2 aromatic carbocycles. The minimum atomic E-state index is -4.58. The molecule has 1 aliphatic heterocycles. The third-order valence-corrected chi connectivity index (χ3v) is 6.50. The molecule has 2 heterocycles. The molecule has 10 heteroatoms. The predicted octanol–water partition coefficient (Wildman–Crippen LogP) is 3.80. The van der Waals surface area contributed by atoms with E-state index in [0.29, 0.717) is 11.3 Å². The molecule has 1 aliphatic rings. The second-order valence-corrected chi connectivity index (χ2v) is 9.36. The topological polar surface area (TPSA) is 87.4 Å². The number of carbonyl (C=O) groups excluding carboxylic acids is 1. The van der Waals surface area contributed by atoms with E-state index in [1.54, 1.807) is 24.3 Å². The molecule has 196 valence electrons. The zero-order chi connectivity index (χ0) is 26.4. The zero-order valence-corrected chi connectivity index (χ0v) is 20.8. The number of nitrogens with one attached hydrogen (secondary N) is 1. The number of hydrogen-bond donors (Lipinski definition) is 2. The summed E-state index contributed by atoms with van der Waals surface area (Å²) in [7, 11) is 2.12. The van der Waals surface area contributed by atoms with Crippen molar-refractivity contribution < 1.29 is 18.0 Å². The highest BCUT2D eigenvalue weighted by Crippen LogP contribution is 2.32. The molecule has 0 bridgehead atoms. The van der Waals surface area contributed by atoms with Gasteiger partial charge in [0.2, 0.25) is 11.9 Å². The van der Waals surface area contributed by atoms with Crippen molar-refractivity contribution in [2.24, 2.45) is 5.73 Å². The van der Waals surface area contributed by atoms with E-state index < -0.39 is 17.6 Å². The predicted molar refractivity (Wildman–Crippen MR) is 136 cm³/mol. The number of anilines is 2. The van der Waals surface area contributed by atoms with E-state index in [1.807, 2.05) is 24.3 Å². The maximum atomic E-state index is 13.7. The molecule has 3 aromatic rings. The van der Waals surface area contributed by atoms with Gasteiger partial charge in [0.05, 0.1) is 17.7 Å². The van der Waals surface area contributed by atoms with Gasteiger partial charge >= 0.3 is 6.18 Å². The van der Waals surface area contributed by atoms with Crippen molar-refractivity contribution in [3.05, 3.63) is 82.7 Å². The van der Waals surface area contributed by atoms with Gasteiger partial charge in [-0.25, -0.2) is 9.97 Å². The van der Waals surface area contributed by atoms with Crippen molar-refractivity contribution in [1.29, 1.82) is 0 Å². The lowest BCUT2D eigenvalue weighted by Gasteiger charge is -2.32. The Labute approximate surface area is 214 Å². The Morgan fingerprint density at radius 2 is 1.68 bits per heavy atom. The second-order valence-electron chi connectivity index (χ2n) is 9.36. The third kappa shape index (κ3) is 7.50. The highest BCUT2D eigenvalue weighted by Gasteiger charge is 2.35. The fourth-order valence-corrected chi connectivity index (χ4v) is 4.41. The number of aromatic nitrogens is 2. The summed E-state index contributed by atoms with van der Waals surface area (Å²) in [6.45, 7) is 4.98. The normalized spacial score (nSPS) is 15.0. The number of halogens is 3. The molecular weight excluding hydrogens is 481 g/mol. The van der Waals surface area contributed by atoms with Crippen LogP contribution in [-0.4, -0.2) is 58.9 Å². The Kier molecular flexibility index (Phi) is 8.40. The van der Waals surface area contributed by atoms with Gasteiger partial charge < -0.3 is 16.0 Å². The van der Waals surface area contributed by atoms with Gasteiger partial charge in [-0.2, -0.15) is 13.2 Å². The third-order valence-electron chi connectivity index (χ3n) is 6.50. The molecular formula is C27H31F3N6O. The average Bonchev–Trinajstić information content (AvgIpc) is 2.85. The first kappa shape index (κ1) is 26.6. The quantitative estimate of drug-likeness (QED) is 0.454. The van der Waals surface area contributed by atoms with E-state index in [9.17, 15) is 18.0 Å². The van der Waals surface area contributed by atoms with E-state index in [4.69, 9.17) is 5.73 Å². The van der Waals surface area contributed by atoms with E-state index >= 15 is 0 Å². The number of alkyl halides is 3. The van der Waals surface area contributed by atoms with Crippen molar-refractivity contribution in [3.8, 4) is 0 Å². The first-order chi connectivity index (χ1) is 17.7. The van der Waals surface area contributed by atoms with Crippen molar-refractivity contribution in [2.75, 3.05) is 38.5 Å². The Balaban J connectivity index is 1.46. The van der Waals surface area contributed by atoms with E-state index in [1.165, 1.54) is 5.56 Å². The fraction of sp³-hybridized carbons (Fsp3) is 0.370. The van der Waals surface area contributed by atoms with Crippen molar-refractivity contribution >= 4 is 17.5 Å². The van der Waals surface area contributed by atoms with Gasteiger partial charge in [0.25, 0.3) is 0 Å². The largest absolute Gasteiger partial charge is 0.419 e. The molecule has 1 aromatic heterocycles. The molecule has 1 amide bonds. The molecule has 4 rings (SSSR count). The summed E-state index contributed by atoms with van der Waals surface area (Å²) in [4.78, 5) is 24.2. The fourth-order valence-electron chi connectivity index (χ4n) is 4.41. The minimum absolute atomic E-state index is 0.0314. The number of carbonyl (C=O) groups is 1. The lowest BCUT2D eigenvalue weighted by molar-refractivity contribution is -0.138. The first-order valence-corrected chi connectivity index (χ1v) is 12.2. The maximum absolute atomic E-state index is 13.7. The van der Waals surface area contributed by atoms with Gasteiger partial charge in [-0.05, 0) is 48.7 Å². The zero-order valence-electron chi connectivity index (χ0n) is 20.8. The molecule has 0 atom stereocenters. The lowest BCUT2D eigenvalue weighted by atomic mass is 9.98. The summed E-state index contributed by atoms with van der Waals surface area (Å²) in [5.41, 5.74) is 7.67. The molecule has 0 saturated carbocycles. The van der Waals surface area contributed by atoms with E-state index in [0.717, 1.165) is 44.5 Å². The van der Waals surface area contributed by atoms with Crippen LogP contribution in [0.4, 0.5) is 24.8 Å². The Hall–Kier alpha value is -3.50. The van der Waals surface area contributed by atoms with Crippen LogP contribution in [-0.2, 0) is 36.8 Å². The Bertz CT molecular complexity index is 1210. The molecule has 0 spiro atoms. The number of benzene rings is 2. The average molecular weight is 513 g/mol. The van der Waals surface area contributed by atoms with Crippen LogP contribution in [0.25, 0.3) is 0 Å². The number of likely N-dealkylation sites (N-methyl/N-ethyl adjacent to an activating group) is 1. The highest BCUT2D eigenvalue weighted by atomic mass is 19.4. The maximum Gasteiger partial charge on any atom is 0.419 e. The standard InChI is InChI=1S/C27H31F3N6O/c1-35-12-14-36(15-13-35)18-19-6-9-22(10-7-19)33-26-32-17-23(27(28,29)30)24(34-26)11-8-20-4-2-3-5-21(20)16-25(31)37/h2-7,9-10,17H,8,11-16,18H2,1H3,(H2,31,37)(H,32,33,34). The van der Waals surface area contributed by atoms with Crippen LogP contribution in [0.2, 0.25) is 0 Å². The van der Waals surface area contributed by atoms with Crippen LogP contribution in [0.3, 0.4) is 0 Å². The highest BCUT2D eigenvalue weighted by molar-refractivity contribution is 5.77. The van der Waals surface area contributed by atoms with Gasteiger partial charge in [-0.15, -0.1) is 0 Å². The van der Waals surface area contributed by atoms with Gasteiger partial charge in [0.15, 0.2) is 0 Å². The Morgan fingerprint density at radius 3 is 2.32 bits per heavy atom. The van der Waals surface area contributed by atoms with Gasteiger partial charge in [-0.3, -0.25) is 9.69 Å². The number of aryl methyl sites for hydroxylation is 2. The SMILES string of the molecule is CN1CCN(Cc2ccc(Nc3ncc(C(F)(F)F)c(CCc4ccccc4CC(N)=O)n3)cc2)CC1. The summed E-state index contributed by atoms with van der Waals surface area (Å²) in [5, 5.41) is 3.02. The Morgan fingerprint density at radius 1 is 1.00 bits per heavy atom. The van der Waals surface area contributed by atoms with Crippen molar-refractivity contribution in [3.63, 3.8) is 0 Å². The van der Waals surface area contributed by atoms with E-state index in [-0.39, 0.29) is 30.9 Å². The number of nitrogens with zero attached hydrogens (tertiary/aromatic N) is 4. The summed E-state index contributed by atoms with van der Waals surface area (Å²) in [6, 6.07) is 14.9. The van der Waals surface area contributed by atoms with Crippen LogP contribution < -0.4 is 11.1 Å². The number of primary amides is 1. The minimum Gasteiger partial charge on any atom is -0.369 e. The summed E-state index contributed by atoms with van der Waals surface area (Å²) in [6.07, 6.45) is -3.41. The van der Waals surface area contributed by atoms with Crippen LogP contribution in [0.5, 0.6) is 0 Å². The van der Waals surface area contributed by atoms with Crippen LogP contribution in [0.1, 0.15) is 27.9 Å². The second kappa shape index (κ2) is 11.7. The number of amides is 1. The molecule has 0 radical (unpaired) electrons. The van der Waals surface area contributed by atoms with Crippen molar-refractivity contribution in [1.82, 2.24) is 19.8 Å². The molecule has 0 unspecified atom stereocenters. The number of hydrogen-bond acceptors (Lipinski definition) is 6. The summed E-state index contributed by atoms with van der Waals surface area (Å²) < 4.78 is 41.0. The van der Waals surface area contributed by atoms with Gasteiger partial charge in [-0.1, -0.05) is 36.4 Å².